The van der Waals surface area contributed by atoms with Gasteiger partial charge in [0, 0.05) is 18.9 Å². The first-order valence-corrected chi connectivity index (χ1v) is 8.79. The van der Waals surface area contributed by atoms with Gasteiger partial charge in [0.2, 0.25) is 0 Å². The van der Waals surface area contributed by atoms with Crippen molar-refractivity contribution in [3.8, 4) is 5.82 Å². The number of ether oxygens (including phenoxy) is 1. The average molecular weight is 341 g/mol. The summed E-state index contributed by atoms with van der Waals surface area (Å²) >= 11 is 0. The predicted octanol–water partition coefficient (Wildman–Crippen LogP) is 2.57. The van der Waals surface area contributed by atoms with Crippen LogP contribution in [0.25, 0.3) is 5.82 Å². The monoisotopic (exact) mass is 341 g/mol. The topological polar surface area (TPSA) is 81.1 Å². The van der Waals surface area contributed by atoms with Gasteiger partial charge >= 0.3 is 6.03 Å². The SMILES string of the molecule is Cc1ccnc(-n2nc(C)cc2NC(=O)NC2CCOC2C2CC2)c1. The smallest absolute Gasteiger partial charge is 0.320 e. The minimum absolute atomic E-state index is 0.0852. The standard InChI is InChI=1S/C18H23N5O2/c1-11-5-7-19-15(9-11)23-16(10-12(2)22-23)21-18(24)20-14-6-8-25-17(14)13-3-4-13/h5,7,9-10,13-14,17H,3-4,6,8H2,1-2H3,(H2,20,21,24). The summed E-state index contributed by atoms with van der Waals surface area (Å²) in [5.41, 5.74) is 1.91. The van der Waals surface area contributed by atoms with Crippen LogP contribution in [-0.4, -0.2) is 39.5 Å². The molecule has 25 heavy (non-hydrogen) atoms. The third kappa shape index (κ3) is 3.51. The van der Waals surface area contributed by atoms with Gasteiger partial charge in [-0.05, 0) is 56.7 Å². The Morgan fingerprint density at radius 2 is 2.12 bits per heavy atom. The van der Waals surface area contributed by atoms with Crippen molar-refractivity contribution >= 4 is 11.8 Å². The van der Waals surface area contributed by atoms with E-state index in [0.29, 0.717) is 17.6 Å². The van der Waals surface area contributed by atoms with Gasteiger partial charge < -0.3 is 10.1 Å². The summed E-state index contributed by atoms with van der Waals surface area (Å²) in [5.74, 6) is 1.90. The van der Waals surface area contributed by atoms with Gasteiger partial charge in [0.1, 0.15) is 5.82 Å². The summed E-state index contributed by atoms with van der Waals surface area (Å²) in [7, 11) is 0. The molecule has 1 saturated carbocycles. The maximum Gasteiger partial charge on any atom is 0.320 e. The Bertz CT molecular complexity index is 784. The van der Waals surface area contributed by atoms with Crippen LogP contribution in [0.4, 0.5) is 10.6 Å². The number of rotatable bonds is 4. The first-order valence-electron chi connectivity index (χ1n) is 8.79. The molecule has 1 aliphatic heterocycles. The van der Waals surface area contributed by atoms with E-state index in [2.05, 4.69) is 20.7 Å². The lowest BCUT2D eigenvalue weighted by molar-refractivity contribution is 0.0829. The van der Waals surface area contributed by atoms with Crippen molar-refractivity contribution in [2.24, 2.45) is 5.92 Å². The molecule has 7 heteroatoms. The van der Waals surface area contributed by atoms with Crippen molar-refractivity contribution in [1.29, 1.82) is 0 Å². The highest BCUT2D eigenvalue weighted by molar-refractivity contribution is 5.89. The third-order valence-corrected chi connectivity index (χ3v) is 4.73. The average Bonchev–Trinajstić information content (AvgIpc) is 3.21. The normalized spacial score (nSPS) is 22.8. The van der Waals surface area contributed by atoms with Crippen LogP contribution in [-0.2, 0) is 4.74 Å². The molecule has 132 valence electrons. The number of amides is 2. The number of hydrogen-bond acceptors (Lipinski definition) is 4. The van der Waals surface area contributed by atoms with Crippen LogP contribution in [0.5, 0.6) is 0 Å². The Hall–Kier alpha value is -2.41. The second-order valence-electron chi connectivity index (χ2n) is 6.94. The molecule has 0 radical (unpaired) electrons. The number of pyridine rings is 1. The lowest BCUT2D eigenvalue weighted by Crippen LogP contribution is -2.43. The highest BCUT2D eigenvalue weighted by Crippen LogP contribution is 2.38. The first kappa shape index (κ1) is 16.1. The van der Waals surface area contributed by atoms with E-state index in [1.165, 1.54) is 12.8 Å². The summed E-state index contributed by atoms with van der Waals surface area (Å²) in [5, 5.41) is 10.4. The van der Waals surface area contributed by atoms with Crippen LogP contribution in [0.3, 0.4) is 0 Å². The van der Waals surface area contributed by atoms with Gasteiger partial charge in [-0.1, -0.05) is 0 Å². The number of hydrogen-bond donors (Lipinski definition) is 2. The molecule has 2 fully saturated rings. The largest absolute Gasteiger partial charge is 0.376 e. The van der Waals surface area contributed by atoms with Gasteiger partial charge in [-0.25, -0.2) is 9.78 Å². The molecule has 0 aromatic carbocycles. The molecule has 2 N–H and O–H groups in total. The number of aromatic nitrogens is 3. The Morgan fingerprint density at radius 1 is 1.28 bits per heavy atom. The van der Waals surface area contributed by atoms with E-state index >= 15 is 0 Å². The molecule has 2 aromatic rings. The number of nitrogens with one attached hydrogen (secondary N) is 2. The van der Waals surface area contributed by atoms with Crippen molar-refractivity contribution < 1.29 is 9.53 Å². The Balaban J connectivity index is 1.48. The first-order chi connectivity index (χ1) is 12.1. The van der Waals surface area contributed by atoms with E-state index < -0.39 is 0 Å². The van der Waals surface area contributed by atoms with Crippen molar-refractivity contribution in [3.05, 3.63) is 35.7 Å². The quantitative estimate of drug-likeness (QED) is 0.895. The maximum atomic E-state index is 12.5. The molecule has 1 aliphatic carbocycles. The fourth-order valence-corrected chi connectivity index (χ4v) is 3.38. The van der Waals surface area contributed by atoms with E-state index in [1.54, 1.807) is 10.9 Å². The van der Waals surface area contributed by atoms with Gasteiger partial charge in [0.05, 0.1) is 17.8 Å². The zero-order valence-corrected chi connectivity index (χ0v) is 14.5. The van der Waals surface area contributed by atoms with Crippen LogP contribution < -0.4 is 10.6 Å². The minimum atomic E-state index is -0.227. The molecule has 7 nitrogen and oxygen atoms in total. The summed E-state index contributed by atoms with van der Waals surface area (Å²) in [6, 6.07) is 5.56. The number of carbonyl (C=O) groups is 1. The van der Waals surface area contributed by atoms with Gasteiger partial charge in [0.15, 0.2) is 5.82 Å². The predicted molar refractivity (Wildman–Crippen MR) is 93.9 cm³/mol. The Labute approximate surface area is 146 Å². The number of nitrogens with zero attached hydrogens (tertiary/aromatic N) is 3. The maximum absolute atomic E-state index is 12.5. The fraction of sp³-hybridized carbons (Fsp3) is 0.500. The molecule has 2 unspecified atom stereocenters. The van der Waals surface area contributed by atoms with Gasteiger partial charge in [-0.3, -0.25) is 5.32 Å². The van der Waals surface area contributed by atoms with Crippen molar-refractivity contribution in [3.63, 3.8) is 0 Å². The number of carbonyl (C=O) groups excluding carboxylic acids is 1. The summed E-state index contributed by atoms with van der Waals surface area (Å²) in [4.78, 5) is 16.8. The van der Waals surface area contributed by atoms with Crippen LogP contribution in [0, 0.1) is 19.8 Å². The van der Waals surface area contributed by atoms with E-state index in [9.17, 15) is 4.79 Å². The minimum Gasteiger partial charge on any atom is -0.376 e. The fourth-order valence-electron chi connectivity index (χ4n) is 3.38. The highest BCUT2D eigenvalue weighted by Gasteiger charge is 2.41. The van der Waals surface area contributed by atoms with Crippen LogP contribution in [0.2, 0.25) is 0 Å². The van der Waals surface area contributed by atoms with Gasteiger partial charge in [0.25, 0.3) is 0 Å². The third-order valence-electron chi connectivity index (χ3n) is 4.73. The van der Waals surface area contributed by atoms with E-state index in [0.717, 1.165) is 24.3 Å². The van der Waals surface area contributed by atoms with Crippen LogP contribution in [0.15, 0.2) is 24.4 Å². The molecule has 2 atom stereocenters. The molecule has 4 rings (SSSR count). The van der Waals surface area contributed by atoms with Gasteiger partial charge in [-0.2, -0.15) is 9.78 Å². The number of urea groups is 1. The highest BCUT2D eigenvalue weighted by atomic mass is 16.5. The van der Waals surface area contributed by atoms with E-state index in [1.807, 2.05) is 32.0 Å². The molecule has 1 saturated heterocycles. The second kappa shape index (κ2) is 6.48. The van der Waals surface area contributed by atoms with Gasteiger partial charge in [-0.15, -0.1) is 0 Å². The molecule has 2 aromatic heterocycles. The molecule has 0 spiro atoms. The molecule has 2 amide bonds. The second-order valence-corrected chi connectivity index (χ2v) is 6.94. The Morgan fingerprint density at radius 3 is 2.88 bits per heavy atom. The van der Waals surface area contributed by atoms with Crippen LogP contribution in [0.1, 0.15) is 30.5 Å². The van der Waals surface area contributed by atoms with Crippen LogP contribution >= 0.6 is 0 Å². The lowest BCUT2D eigenvalue weighted by Gasteiger charge is -2.19. The summed E-state index contributed by atoms with van der Waals surface area (Å²) in [6.07, 6.45) is 5.18. The molecular formula is C18H23N5O2. The van der Waals surface area contributed by atoms with Crippen molar-refractivity contribution in [2.45, 2.75) is 45.3 Å². The Kier molecular flexibility index (Phi) is 4.17. The number of anilines is 1. The summed E-state index contributed by atoms with van der Waals surface area (Å²) < 4.78 is 7.44. The zero-order valence-electron chi connectivity index (χ0n) is 14.5. The molecular weight excluding hydrogens is 318 g/mol. The van der Waals surface area contributed by atoms with Crippen molar-refractivity contribution in [2.75, 3.05) is 11.9 Å². The van der Waals surface area contributed by atoms with E-state index in [-0.39, 0.29) is 18.2 Å². The van der Waals surface area contributed by atoms with Crippen molar-refractivity contribution in [1.82, 2.24) is 20.1 Å². The molecule has 2 aliphatic rings. The lowest BCUT2D eigenvalue weighted by atomic mass is 10.1. The number of aryl methyl sites for hydroxylation is 2. The zero-order chi connectivity index (χ0) is 17.4. The summed E-state index contributed by atoms with van der Waals surface area (Å²) in [6.45, 7) is 4.61. The molecule has 3 heterocycles. The van der Waals surface area contributed by atoms with E-state index in [4.69, 9.17) is 4.74 Å². The molecule has 0 bridgehead atoms.